The Balaban J connectivity index is 5.36. The molecule has 0 saturated carbocycles. The van der Waals surface area contributed by atoms with E-state index in [4.69, 9.17) is 16.6 Å². The fraction of sp³-hybridized carbons (Fsp3) is 0.700. The third-order valence-corrected chi connectivity index (χ3v) is 5.43. The van der Waals surface area contributed by atoms with E-state index in [0.29, 0.717) is 5.75 Å². The normalized spacial score (nSPS) is 14.4. The highest BCUT2D eigenvalue weighted by Gasteiger charge is 2.31. The molecule has 4 unspecified atom stereocenters. The first-order chi connectivity index (χ1) is 15.8. The van der Waals surface area contributed by atoms with Crippen LogP contribution in [-0.2, 0) is 28.8 Å². The Bertz CT molecular complexity index is 748. The van der Waals surface area contributed by atoms with Crippen LogP contribution >= 0.6 is 11.8 Å². The van der Waals surface area contributed by atoms with Gasteiger partial charge in [-0.05, 0) is 37.2 Å². The van der Waals surface area contributed by atoms with Crippen LogP contribution in [0.15, 0.2) is 0 Å². The lowest BCUT2D eigenvalue weighted by Gasteiger charge is -2.27. The van der Waals surface area contributed by atoms with Crippen LogP contribution in [0.2, 0.25) is 0 Å². The van der Waals surface area contributed by atoms with E-state index < -0.39 is 65.7 Å². The first-order valence-corrected chi connectivity index (χ1v) is 12.1. The van der Waals surface area contributed by atoms with Crippen molar-refractivity contribution in [3.05, 3.63) is 0 Å². The molecule has 14 heteroatoms. The number of primary amides is 1. The summed E-state index contributed by atoms with van der Waals surface area (Å²) in [6.45, 7) is 3.28. The molecule has 4 atom stereocenters. The molecule has 34 heavy (non-hydrogen) atoms. The number of hydrogen-bond acceptors (Lipinski definition) is 8. The number of carbonyl (C=O) groups excluding carboxylic acids is 4. The lowest BCUT2D eigenvalue weighted by atomic mass is 10.0. The Morgan fingerprint density at radius 3 is 1.88 bits per heavy atom. The molecule has 0 aromatic carbocycles. The van der Waals surface area contributed by atoms with Crippen LogP contribution in [0.25, 0.3) is 0 Å². The summed E-state index contributed by atoms with van der Waals surface area (Å²) in [5, 5.41) is 25.4. The summed E-state index contributed by atoms with van der Waals surface area (Å²) in [6, 6.07) is -4.68. The van der Waals surface area contributed by atoms with E-state index in [1.165, 1.54) is 11.8 Å². The maximum atomic E-state index is 12.9. The lowest BCUT2D eigenvalue weighted by molar-refractivity contribution is -0.143. The standard InChI is InChI=1S/C20H35N5O8S/c1-10(2)16(19(31)24-13(20(32)33)5-6-14(22)26)25-18(30)12(8-9-34-3)23-17(29)11(21)4-7-15(27)28/h10-13,16H,4-9,21H2,1-3H3,(H2,22,26)(H,23,29)(H,24,31)(H,25,30)(H,27,28)(H,32,33). The lowest BCUT2D eigenvalue weighted by Crippen LogP contribution is -2.58. The van der Waals surface area contributed by atoms with Crippen LogP contribution in [0.1, 0.15) is 46.0 Å². The summed E-state index contributed by atoms with van der Waals surface area (Å²) in [6.07, 6.45) is 1.13. The monoisotopic (exact) mass is 505 g/mol. The number of carboxylic acid groups (broad SMARTS) is 2. The van der Waals surface area contributed by atoms with E-state index >= 15 is 0 Å². The molecular weight excluding hydrogens is 470 g/mol. The number of nitrogens with one attached hydrogen (secondary N) is 3. The number of rotatable bonds is 17. The summed E-state index contributed by atoms with van der Waals surface area (Å²) in [7, 11) is 0. The molecule has 0 aliphatic heterocycles. The van der Waals surface area contributed by atoms with E-state index in [2.05, 4.69) is 16.0 Å². The quantitative estimate of drug-likeness (QED) is 0.119. The number of aliphatic carboxylic acids is 2. The van der Waals surface area contributed by atoms with Crippen molar-refractivity contribution < 1.29 is 39.0 Å². The van der Waals surface area contributed by atoms with Gasteiger partial charge in [0, 0.05) is 12.8 Å². The highest BCUT2D eigenvalue weighted by molar-refractivity contribution is 7.98. The Kier molecular flexibility index (Phi) is 14.5. The molecule has 4 amide bonds. The van der Waals surface area contributed by atoms with Crippen molar-refractivity contribution in [3.8, 4) is 0 Å². The van der Waals surface area contributed by atoms with Crippen LogP contribution in [-0.4, -0.2) is 82.0 Å². The molecule has 0 rings (SSSR count). The van der Waals surface area contributed by atoms with Crippen molar-refractivity contribution in [3.63, 3.8) is 0 Å². The van der Waals surface area contributed by atoms with Gasteiger partial charge in [-0.15, -0.1) is 0 Å². The van der Waals surface area contributed by atoms with Crippen LogP contribution < -0.4 is 27.4 Å². The fourth-order valence-electron chi connectivity index (χ4n) is 2.79. The minimum Gasteiger partial charge on any atom is -0.481 e. The third-order valence-electron chi connectivity index (χ3n) is 4.79. The van der Waals surface area contributed by atoms with Crippen LogP contribution in [0.3, 0.4) is 0 Å². The summed E-state index contributed by atoms with van der Waals surface area (Å²) < 4.78 is 0. The molecule has 0 heterocycles. The summed E-state index contributed by atoms with van der Waals surface area (Å²) in [5.41, 5.74) is 10.7. The van der Waals surface area contributed by atoms with Gasteiger partial charge in [0.1, 0.15) is 18.1 Å². The zero-order valence-corrected chi connectivity index (χ0v) is 20.4. The molecule has 13 nitrogen and oxygen atoms in total. The van der Waals surface area contributed by atoms with E-state index in [9.17, 15) is 33.9 Å². The van der Waals surface area contributed by atoms with Gasteiger partial charge in [-0.2, -0.15) is 11.8 Å². The number of amides is 4. The molecule has 0 aliphatic carbocycles. The van der Waals surface area contributed by atoms with Crippen molar-refractivity contribution in [1.82, 2.24) is 16.0 Å². The van der Waals surface area contributed by atoms with E-state index in [1.54, 1.807) is 20.1 Å². The van der Waals surface area contributed by atoms with Gasteiger partial charge >= 0.3 is 11.9 Å². The predicted octanol–water partition coefficient (Wildman–Crippen LogP) is -1.61. The van der Waals surface area contributed by atoms with Crippen molar-refractivity contribution in [2.75, 3.05) is 12.0 Å². The van der Waals surface area contributed by atoms with E-state index in [-0.39, 0.29) is 32.1 Å². The van der Waals surface area contributed by atoms with E-state index in [1.807, 2.05) is 0 Å². The number of hydrogen-bond donors (Lipinski definition) is 7. The Morgan fingerprint density at radius 1 is 0.824 bits per heavy atom. The van der Waals surface area contributed by atoms with Gasteiger partial charge in [-0.3, -0.25) is 24.0 Å². The van der Waals surface area contributed by atoms with Crippen molar-refractivity contribution in [1.29, 1.82) is 0 Å². The minimum absolute atomic E-state index is 0.114. The zero-order chi connectivity index (χ0) is 26.4. The van der Waals surface area contributed by atoms with Crippen molar-refractivity contribution >= 4 is 47.3 Å². The van der Waals surface area contributed by atoms with Gasteiger partial charge in [-0.1, -0.05) is 13.8 Å². The first-order valence-electron chi connectivity index (χ1n) is 10.7. The highest BCUT2D eigenvalue weighted by atomic mass is 32.2. The number of nitrogens with two attached hydrogens (primary N) is 2. The third kappa shape index (κ3) is 12.4. The minimum atomic E-state index is -1.38. The molecule has 194 valence electrons. The maximum absolute atomic E-state index is 12.9. The second-order valence-corrected chi connectivity index (χ2v) is 9.00. The summed E-state index contributed by atoms with van der Waals surface area (Å²) in [4.78, 5) is 71.0. The fourth-order valence-corrected chi connectivity index (χ4v) is 3.26. The van der Waals surface area contributed by atoms with Crippen LogP contribution in [0.4, 0.5) is 0 Å². The SMILES string of the molecule is CSCCC(NC(=O)C(N)CCC(=O)O)C(=O)NC(C(=O)NC(CCC(N)=O)C(=O)O)C(C)C. The van der Waals surface area contributed by atoms with Gasteiger partial charge in [0.2, 0.25) is 23.6 Å². The maximum Gasteiger partial charge on any atom is 0.326 e. The van der Waals surface area contributed by atoms with Gasteiger partial charge in [0.15, 0.2) is 0 Å². The molecule has 9 N–H and O–H groups in total. The number of carboxylic acids is 2. The summed E-state index contributed by atoms with van der Waals surface area (Å²) in [5.74, 6) is -5.28. The molecule has 0 fully saturated rings. The molecule has 0 bridgehead atoms. The molecule has 0 spiro atoms. The van der Waals surface area contributed by atoms with Gasteiger partial charge in [0.05, 0.1) is 6.04 Å². The van der Waals surface area contributed by atoms with Crippen LogP contribution in [0.5, 0.6) is 0 Å². The smallest absolute Gasteiger partial charge is 0.326 e. The Morgan fingerprint density at radius 2 is 1.41 bits per heavy atom. The van der Waals surface area contributed by atoms with Crippen molar-refractivity contribution in [2.45, 2.75) is 70.1 Å². The van der Waals surface area contributed by atoms with Crippen LogP contribution in [0, 0.1) is 5.92 Å². The Hall–Kier alpha value is -2.87. The van der Waals surface area contributed by atoms with E-state index in [0.717, 1.165) is 0 Å². The zero-order valence-electron chi connectivity index (χ0n) is 19.5. The summed E-state index contributed by atoms with van der Waals surface area (Å²) >= 11 is 1.43. The second kappa shape index (κ2) is 15.9. The van der Waals surface area contributed by atoms with Crippen molar-refractivity contribution in [2.24, 2.45) is 17.4 Å². The average Bonchev–Trinajstić information content (AvgIpc) is 2.74. The van der Waals surface area contributed by atoms with Gasteiger partial charge in [-0.25, -0.2) is 4.79 Å². The second-order valence-electron chi connectivity index (χ2n) is 8.02. The molecule has 0 saturated heterocycles. The highest BCUT2D eigenvalue weighted by Crippen LogP contribution is 2.08. The van der Waals surface area contributed by atoms with Gasteiger partial charge in [0.25, 0.3) is 0 Å². The first kappa shape index (κ1) is 31.1. The molecule has 0 radical (unpaired) electrons. The predicted molar refractivity (Wildman–Crippen MR) is 125 cm³/mol. The molecular formula is C20H35N5O8S. The number of thioether (sulfide) groups is 1. The van der Waals surface area contributed by atoms with Gasteiger partial charge < -0.3 is 37.6 Å². The Labute approximate surface area is 202 Å². The topological polar surface area (TPSA) is 231 Å². The number of carbonyl (C=O) groups is 6. The average molecular weight is 506 g/mol. The largest absolute Gasteiger partial charge is 0.481 e. The molecule has 0 aromatic rings. The molecule has 0 aromatic heterocycles. The molecule has 0 aliphatic rings.